The molecule has 0 saturated carbocycles. The molecule has 3 heterocycles. The molecule has 2 aromatic heterocycles. The number of fused-ring (bicyclic) bond motifs is 1. The smallest absolute Gasteiger partial charge is 0.271 e. The Hall–Kier alpha value is -1.92. The first kappa shape index (κ1) is 15.0. The molecule has 1 fully saturated rings. The summed E-state index contributed by atoms with van der Waals surface area (Å²) in [5, 5.41) is 2.96. The van der Waals surface area contributed by atoms with Crippen LogP contribution in [0.4, 0.5) is 0 Å². The van der Waals surface area contributed by atoms with E-state index in [1.54, 1.807) is 6.20 Å². The van der Waals surface area contributed by atoms with Crippen molar-refractivity contribution in [2.75, 3.05) is 46.3 Å². The summed E-state index contributed by atoms with van der Waals surface area (Å²) in [4.78, 5) is 21.2. The molecule has 1 aliphatic heterocycles. The first-order chi connectivity index (χ1) is 10.6. The Morgan fingerprint density at radius 2 is 2.00 bits per heavy atom. The second kappa shape index (κ2) is 6.46. The van der Waals surface area contributed by atoms with Crippen LogP contribution in [0.15, 0.2) is 24.5 Å². The van der Waals surface area contributed by atoms with Gasteiger partial charge in [0.05, 0.1) is 0 Å². The SMILES string of the molecule is Cc1ccc2nc(C(=O)NCCN3CCN(C)CC3)cn2c1. The number of aryl methyl sites for hydroxylation is 1. The molecule has 22 heavy (non-hydrogen) atoms. The molecule has 0 aromatic carbocycles. The molecule has 2 aromatic rings. The number of amides is 1. The topological polar surface area (TPSA) is 52.9 Å². The molecule has 6 nitrogen and oxygen atoms in total. The van der Waals surface area contributed by atoms with Gasteiger partial charge in [0.25, 0.3) is 5.91 Å². The van der Waals surface area contributed by atoms with Gasteiger partial charge in [0.1, 0.15) is 11.3 Å². The Bertz CT molecular complexity index is 658. The minimum absolute atomic E-state index is 0.101. The van der Waals surface area contributed by atoms with E-state index in [1.807, 2.05) is 29.7 Å². The lowest BCUT2D eigenvalue weighted by Gasteiger charge is -2.32. The fourth-order valence-corrected chi connectivity index (χ4v) is 2.70. The number of carbonyl (C=O) groups is 1. The predicted octanol–water partition coefficient (Wildman–Crippen LogP) is 0.620. The average Bonchev–Trinajstić information content (AvgIpc) is 2.92. The molecule has 0 unspecified atom stereocenters. The Balaban J connectivity index is 1.52. The maximum atomic E-state index is 12.2. The van der Waals surface area contributed by atoms with Crippen LogP contribution in [0, 0.1) is 6.92 Å². The number of imidazole rings is 1. The number of hydrogen-bond donors (Lipinski definition) is 1. The summed E-state index contributed by atoms with van der Waals surface area (Å²) in [6.07, 6.45) is 3.76. The van der Waals surface area contributed by atoms with Gasteiger partial charge in [-0.1, -0.05) is 6.07 Å². The quantitative estimate of drug-likeness (QED) is 0.899. The number of hydrogen-bond acceptors (Lipinski definition) is 4. The molecule has 1 aliphatic rings. The van der Waals surface area contributed by atoms with E-state index in [0.29, 0.717) is 12.2 Å². The lowest BCUT2D eigenvalue weighted by atomic mass is 10.3. The summed E-state index contributed by atoms with van der Waals surface area (Å²) >= 11 is 0. The summed E-state index contributed by atoms with van der Waals surface area (Å²) in [5.74, 6) is -0.101. The maximum Gasteiger partial charge on any atom is 0.271 e. The third-order valence-corrected chi connectivity index (χ3v) is 4.14. The Kier molecular flexibility index (Phi) is 4.40. The standard InChI is InChI=1S/C16H23N5O/c1-13-3-4-15-18-14(12-21(15)11-13)16(22)17-5-6-20-9-7-19(2)8-10-20/h3-4,11-12H,5-10H2,1-2H3,(H,17,22). The first-order valence-corrected chi connectivity index (χ1v) is 7.76. The number of piperazine rings is 1. The molecular weight excluding hydrogens is 278 g/mol. The lowest BCUT2D eigenvalue weighted by molar-refractivity contribution is 0.0936. The van der Waals surface area contributed by atoms with E-state index in [9.17, 15) is 4.79 Å². The van der Waals surface area contributed by atoms with Gasteiger partial charge < -0.3 is 14.6 Å². The van der Waals surface area contributed by atoms with Gasteiger partial charge in [-0.25, -0.2) is 4.98 Å². The highest BCUT2D eigenvalue weighted by molar-refractivity contribution is 5.92. The average molecular weight is 301 g/mol. The summed E-state index contributed by atoms with van der Waals surface area (Å²) in [6.45, 7) is 7.91. The minimum Gasteiger partial charge on any atom is -0.349 e. The fourth-order valence-electron chi connectivity index (χ4n) is 2.70. The van der Waals surface area contributed by atoms with Crippen LogP contribution < -0.4 is 5.32 Å². The molecule has 118 valence electrons. The van der Waals surface area contributed by atoms with Gasteiger partial charge in [-0.3, -0.25) is 9.69 Å². The number of rotatable bonds is 4. The third kappa shape index (κ3) is 3.45. The van der Waals surface area contributed by atoms with Crippen molar-refractivity contribution in [3.63, 3.8) is 0 Å². The van der Waals surface area contributed by atoms with Crippen LogP contribution in [0.25, 0.3) is 5.65 Å². The van der Waals surface area contributed by atoms with E-state index >= 15 is 0 Å². The van der Waals surface area contributed by atoms with Crippen LogP contribution >= 0.6 is 0 Å². The molecule has 6 heteroatoms. The van der Waals surface area contributed by atoms with Crippen LogP contribution in [0.2, 0.25) is 0 Å². The van der Waals surface area contributed by atoms with Crippen molar-refractivity contribution in [1.82, 2.24) is 24.5 Å². The Labute approximate surface area is 130 Å². The van der Waals surface area contributed by atoms with Crippen LogP contribution in [-0.4, -0.2) is 71.4 Å². The van der Waals surface area contributed by atoms with Crippen molar-refractivity contribution in [2.45, 2.75) is 6.92 Å². The number of carbonyl (C=O) groups excluding carboxylic acids is 1. The number of likely N-dealkylation sites (N-methyl/N-ethyl adjacent to an activating group) is 1. The van der Waals surface area contributed by atoms with Crippen molar-refractivity contribution < 1.29 is 4.79 Å². The Morgan fingerprint density at radius 3 is 2.77 bits per heavy atom. The first-order valence-electron chi connectivity index (χ1n) is 7.76. The summed E-state index contributed by atoms with van der Waals surface area (Å²) in [6, 6.07) is 3.92. The fraction of sp³-hybridized carbons (Fsp3) is 0.500. The Morgan fingerprint density at radius 1 is 1.23 bits per heavy atom. The molecule has 1 saturated heterocycles. The number of nitrogens with one attached hydrogen (secondary N) is 1. The van der Waals surface area contributed by atoms with Crippen molar-refractivity contribution in [3.8, 4) is 0 Å². The van der Waals surface area contributed by atoms with Gasteiger partial charge in [0, 0.05) is 51.7 Å². The zero-order valence-corrected chi connectivity index (χ0v) is 13.2. The second-order valence-corrected chi connectivity index (χ2v) is 6.00. The van der Waals surface area contributed by atoms with Crippen LogP contribution in [0.5, 0.6) is 0 Å². The van der Waals surface area contributed by atoms with Crippen LogP contribution in [0.3, 0.4) is 0 Å². The largest absolute Gasteiger partial charge is 0.349 e. The van der Waals surface area contributed by atoms with Gasteiger partial charge >= 0.3 is 0 Å². The predicted molar refractivity (Wildman–Crippen MR) is 86.2 cm³/mol. The summed E-state index contributed by atoms with van der Waals surface area (Å²) in [7, 11) is 2.14. The van der Waals surface area contributed by atoms with E-state index in [4.69, 9.17) is 0 Å². The minimum atomic E-state index is -0.101. The van der Waals surface area contributed by atoms with Crippen LogP contribution in [0.1, 0.15) is 16.1 Å². The number of pyridine rings is 1. The molecular formula is C16H23N5O. The zero-order chi connectivity index (χ0) is 15.5. The van der Waals surface area contributed by atoms with Gasteiger partial charge in [-0.2, -0.15) is 0 Å². The highest BCUT2D eigenvalue weighted by atomic mass is 16.1. The zero-order valence-electron chi connectivity index (χ0n) is 13.2. The van der Waals surface area contributed by atoms with Crippen molar-refractivity contribution in [2.24, 2.45) is 0 Å². The van der Waals surface area contributed by atoms with E-state index < -0.39 is 0 Å². The highest BCUT2D eigenvalue weighted by Crippen LogP contribution is 2.07. The van der Waals surface area contributed by atoms with Crippen molar-refractivity contribution >= 4 is 11.6 Å². The van der Waals surface area contributed by atoms with E-state index in [1.165, 1.54) is 0 Å². The second-order valence-electron chi connectivity index (χ2n) is 6.00. The van der Waals surface area contributed by atoms with E-state index in [2.05, 4.69) is 27.1 Å². The molecule has 0 bridgehead atoms. The van der Waals surface area contributed by atoms with Gasteiger partial charge in [0.2, 0.25) is 0 Å². The van der Waals surface area contributed by atoms with E-state index in [0.717, 1.165) is 43.9 Å². The molecule has 3 rings (SSSR count). The molecule has 0 atom stereocenters. The summed E-state index contributed by atoms with van der Waals surface area (Å²) in [5.41, 5.74) is 2.42. The molecule has 1 N–H and O–H groups in total. The molecule has 1 amide bonds. The van der Waals surface area contributed by atoms with Crippen LogP contribution in [-0.2, 0) is 0 Å². The van der Waals surface area contributed by atoms with E-state index in [-0.39, 0.29) is 5.91 Å². The van der Waals surface area contributed by atoms with Gasteiger partial charge in [-0.15, -0.1) is 0 Å². The van der Waals surface area contributed by atoms with Crippen molar-refractivity contribution in [3.05, 3.63) is 35.8 Å². The molecule has 0 radical (unpaired) electrons. The third-order valence-electron chi connectivity index (χ3n) is 4.14. The number of aromatic nitrogens is 2. The van der Waals surface area contributed by atoms with Crippen molar-refractivity contribution in [1.29, 1.82) is 0 Å². The molecule has 0 aliphatic carbocycles. The number of nitrogens with zero attached hydrogens (tertiary/aromatic N) is 4. The van der Waals surface area contributed by atoms with Gasteiger partial charge in [0.15, 0.2) is 0 Å². The summed E-state index contributed by atoms with van der Waals surface area (Å²) < 4.78 is 1.89. The monoisotopic (exact) mass is 301 g/mol. The maximum absolute atomic E-state index is 12.2. The molecule has 0 spiro atoms. The lowest BCUT2D eigenvalue weighted by Crippen LogP contribution is -2.46. The normalized spacial score (nSPS) is 17.0. The highest BCUT2D eigenvalue weighted by Gasteiger charge is 2.14. The van der Waals surface area contributed by atoms with Gasteiger partial charge in [-0.05, 0) is 25.6 Å².